The number of nitrogens with one attached hydrogen (secondary N) is 1. The normalized spacial score (nSPS) is 17.9. The summed E-state index contributed by atoms with van der Waals surface area (Å²) in [5.41, 5.74) is 0.714. The third-order valence-electron chi connectivity index (χ3n) is 3.40. The van der Waals surface area contributed by atoms with E-state index in [0.29, 0.717) is 18.0 Å². The van der Waals surface area contributed by atoms with E-state index >= 15 is 0 Å². The van der Waals surface area contributed by atoms with Gasteiger partial charge >= 0.3 is 0 Å². The van der Waals surface area contributed by atoms with Gasteiger partial charge in [-0.3, -0.25) is 14.5 Å². The van der Waals surface area contributed by atoms with Gasteiger partial charge in [0.25, 0.3) is 0 Å². The third-order valence-corrected chi connectivity index (χ3v) is 4.18. The Morgan fingerprint density at radius 1 is 1.50 bits per heavy atom. The van der Waals surface area contributed by atoms with Crippen molar-refractivity contribution in [2.24, 2.45) is 16.0 Å². The molecule has 0 bridgehead atoms. The summed E-state index contributed by atoms with van der Waals surface area (Å²) in [4.78, 5) is 16.9. The topological polar surface area (TPSA) is 57.1 Å². The molecule has 1 atom stereocenters. The van der Waals surface area contributed by atoms with Gasteiger partial charge < -0.3 is 0 Å². The number of guanidine groups is 1. The molecule has 1 aromatic rings. The number of benzene rings is 1. The van der Waals surface area contributed by atoms with Crippen LogP contribution in [0.5, 0.6) is 0 Å². The summed E-state index contributed by atoms with van der Waals surface area (Å²) in [6.45, 7) is 7.28. The Labute approximate surface area is 136 Å². The molecule has 0 saturated heterocycles. The van der Waals surface area contributed by atoms with E-state index in [1.165, 1.54) is 11.9 Å². The summed E-state index contributed by atoms with van der Waals surface area (Å²) < 4.78 is 3.26. The lowest BCUT2D eigenvalue weighted by Crippen LogP contribution is -2.34. The number of Topliss-reactive ketones (excluding diaryl/α,β-unsaturated/α-hetero) is 1. The highest BCUT2D eigenvalue weighted by Crippen LogP contribution is 2.18. The van der Waals surface area contributed by atoms with Crippen molar-refractivity contribution < 1.29 is 4.79 Å². The molecule has 1 heterocycles. The van der Waals surface area contributed by atoms with Crippen molar-refractivity contribution in [2.75, 3.05) is 13.1 Å². The molecular weight excluding hydrogens is 296 g/mol. The minimum atomic E-state index is 0.0693. The maximum atomic E-state index is 11.4. The van der Waals surface area contributed by atoms with E-state index in [4.69, 9.17) is 0 Å². The smallest absolute Gasteiger partial charge is 0.225 e. The van der Waals surface area contributed by atoms with Gasteiger partial charge in [0, 0.05) is 29.1 Å². The van der Waals surface area contributed by atoms with E-state index in [2.05, 4.69) is 21.7 Å². The Kier molecular flexibility index (Phi) is 6.00. The van der Waals surface area contributed by atoms with Gasteiger partial charge in [0.1, 0.15) is 0 Å². The summed E-state index contributed by atoms with van der Waals surface area (Å²) in [6, 6.07) is 7.56. The van der Waals surface area contributed by atoms with Crippen molar-refractivity contribution in [3.05, 3.63) is 29.8 Å². The van der Waals surface area contributed by atoms with E-state index in [0.717, 1.165) is 23.8 Å². The van der Waals surface area contributed by atoms with E-state index < -0.39 is 0 Å². The van der Waals surface area contributed by atoms with Gasteiger partial charge in [0.2, 0.25) is 5.96 Å². The molecule has 1 aliphatic heterocycles. The molecule has 0 aromatic heterocycles. The monoisotopic (exact) mass is 318 g/mol. The van der Waals surface area contributed by atoms with Crippen molar-refractivity contribution in [3.63, 3.8) is 0 Å². The van der Waals surface area contributed by atoms with Crippen LogP contribution in [0.15, 0.2) is 39.3 Å². The number of carbonyl (C=O) groups excluding carboxylic acids is 1. The molecule has 0 aliphatic carbocycles. The molecule has 0 radical (unpaired) electrons. The van der Waals surface area contributed by atoms with Crippen LogP contribution in [-0.4, -0.2) is 36.1 Å². The minimum absolute atomic E-state index is 0.0693. The van der Waals surface area contributed by atoms with Crippen LogP contribution < -0.4 is 4.72 Å². The van der Waals surface area contributed by atoms with Crippen molar-refractivity contribution >= 4 is 29.9 Å². The lowest BCUT2D eigenvalue weighted by molar-refractivity contribution is 0.101. The van der Waals surface area contributed by atoms with Gasteiger partial charge in [-0.2, -0.15) is 5.10 Å². The van der Waals surface area contributed by atoms with Gasteiger partial charge in [-0.25, -0.2) is 5.01 Å². The lowest BCUT2D eigenvalue weighted by Gasteiger charge is -2.18. The first kappa shape index (κ1) is 16.5. The Morgan fingerprint density at radius 3 is 2.95 bits per heavy atom. The first-order valence-electron chi connectivity index (χ1n) is 7.54. The number of aliphatic imine (C=N–C) groups is 1. The molecule has 6 heteroatoms. The summed E-state index contributed by atoms with van der Waals surface area (Å²) in [6.07, 6.45) is 3.06. The molecule has 0 fully saturated rings. The molecule has 2 rings (SSSR count). The fourth-order valence-electron chi connectivity index (χ4n) is 2.07. The fourth-order valence-corrected chi connectivity index (χ4v) is 2.78. The van der Waals surface area contributed by atoms with Gasteiger partial charge in [0.15, 0.2) is 5.78 Å². The predicted molar refractivity (Wildman–Crippen MR) is 92.4 cm³/mol. The second-order valence-electron chi connectivity index (χ2n) is 5.10. The lowest BCUT2D eigenvalue weighted by atomic mass is 10.1. The number of hydrazone groups is 1. The second kappa shape index (κ2) is 7.98. The zero-order chi connectivity index (χ0) is 15.9. The van der Waals surface area contributed by atoms with Crippen LogP contribution in [0.2, 0.25) is 0 Å². The second-order valence-corrected chi connectivity index (χ2v) is 5.98. The zero-order valence-electron chi connectivity index (χ0n) is 13.2. The van der Waals surface area contributed by atoms with Crippen LogP contribution in [0.1, 0.15) is 37.6 Å². The molecule has 22 heavy (non-hydrogen) atoms. The predicted octanol–water partition coefficient (Wildman–Crippen LogP) is 3.19. The van der Waals surface area contributed by atoms with Crippen molar-refractivity contribution in [3.8, 4) is 0 Å². The Bertz CT molecular complexity index is 585. The molecule has 1 N–H and O–H groups in total. The number of hydrogen-bond donors (Lipinski definition) is 1. The van der Waals surface area contributed by atoms with Gasteiger partial charge in [-0.15, -0.1) is 0 Å². The van der Waals surface area contributed by atoms with Gasteiger partial charge in [0.05, 0.1) is 6.54 Å². The summed E-state index contributed by atoms with van der Waals surface area (Å²) in [7, 11) is 0. The maximum absolute atomic E-state index is 11.4. The van der Waals surface area contributed by atoms with E-state index in [1.54, 1.807) is 6.92 Å². The van der Waals surface area contributed by atoms with Crippen molar-refractivity contribution in [2.45, 2.75) is 32.1 Å². The standard InChI is InChI=1S/C16H22N4OS/c1-4-13-10-18-20(11-13)16(17-5-2)19-22-15-8-6-7-14(9-15)12(3)21/h6-10,13H,4-5,11H2,1-3H3,(H,17,19). The van der Waals surface area contributed by atoms with Crippen LogP contribution in [-0.2, 0) is 0 Å². The highest BCUT2D eigenvalue weighted by Gasteiger charge is 2.20. The number of rotatable bonds is 5. The quantitative estimate of drug-likeness (QED) is 0.392. The fraction of sp³-hybridized carbons (Fsp3) is 0.438. The minimum Gasteiger partial charge on any atom is -0.295 e. The molecule has 1 unspecified atom stereocenters. The van der Waals surface area contributed by atoms with Gasteiger partial charge in [-0.05, 0) is 44.3 Å². The van der Waals surface area contributed by atoms with Crippen LogP contribution in [0.25, 0.3) is 0 Å². The molecular formula is C16H22N4OS. The first-order chi connectivity index (χ1) is 10.6. The van der Waals surface area contributed by atoms with Crippen molar-refractivity contribution in [1.29, 1.82) is 0 Å². The summed E-state index contributed by atoms with van der Waals surface area (Å²) in [5, 5.41) is 6.31. The average molecular weight is 318 g/mol. The van der Waals surface area contributed by atoms with E-state index in [-0.39, 0.29) is 5.78 Å². The molecule has 0 saturated carbocycles. The third kappa shape index (κ3) is 4.34. The number of hydrogen-bond acceptors (Lipinski definition) is 4. The highest BCUT2D eigenvalue weighted by molar-refractivity contribution is 7.98. The highest BCUT2D eigenvalue weighted by atomic mass is 32.2. The molecule has 1 aromatic carbocycles. The molecule has 0 spiro atoms. The molecule has 118 valence electrons. The summed E-state index contributed by atoms with van der Waals surface area (Å²) >= 11 is 1.45. The van der Waals surface area contributed by atoms with Crippen LogP contribution in [0, 0.1) is 5.92 Å². The molecule has 1 aliphatic rings. The Hall–Kier alpha value is -1.82. The van der Waals surface area contributed by atoms with E-state index in [1.807, 2.05) is 42.4 Å². The van der Waals surface area contributed by atoms with E-state index in [9.17, 15) is 4.79 Å². The van der Waals surface area contributed by atoms with Gasteiger partial charge in [-0.1, -0.05) is 19.1 Å². The number of carbonyl (C=O) groups is 1. The van der Waals surface area contributed by atoms with Crippen LogP contribution in [0.4, 0.5) is 0 Å². The first-order valence-corrected chi connectivity index (χ1v) is 8.35. The Balaban J connectivity index is 2.01. The molecule has 5 nitrogen and oxygen atoms in total. The maximum Gasteiger partial charge on any atom is 0.225 e. The number of ketones is 1. The SMILES string of the molecule is CCN=C(NSc1cccc(C(C)=O)c1)N1CC(CC)C=N1. The summed E-state index contributed by atoms with van der Waals surface area (Å²) in [5.74, 6) is 1.31. The number of nitrogens with zero attached hydrogens (tertiary/aromatic N) is 3. The van der Waals surface area contributed by atoms with Crippen molar-refractivity contribution in [1.82, 2.24) is 9.73 Å². The van der Waals surface area contributed by atoms with Crippen LogP contribution >= 0.6 is 11.9 Å². The largest absolute Gasteiger partial charge is 0.295 e. The average Bonchev–Trinajstić information content (AvgIpc) is 3.00. The zero-order valence-corrected chi connectivity index (χ0v) is 14.1. The van der Waals surface area contributed by atoms with Crippen LogP contribution in [0.3, 0.4) is 0 Å². The Morgan fingerprint density at radius 2 is 2.32 bits per heavy atom. The molecule has 0 amide bonds.